The fourth-order valence-corrected chi connectivity index (χ4v) is 2.02. The summed E-state index contributed by atoms with van der Waals surface area (Å²) < 4.78 is 0. The number of nitrogen functional groups attached to an aromatic ring is 1. The lowest BCUT2D eigenvalue weighted by Gasteiger charge is -2.28. The molecule has 84 valence electrons. The van der Waals surface area contributed by atoms with Gasteiger partial charge in [0.15, 0.2) is 0 Å². The first-order valence-corrected chi connectivity index (χ1v) is 5.56. The van der Waals surface area contributed by atoms with Crippen molar-refractivity contribution in [2.24, 2.45) is 0 Å². The topological polar surface area (TPSA) is 59.1 Å². The summed E-state index contributed by atoms with van der Waals surface area (Å²) in [6.45, 7) is 4.13. The van der Waals surface area contributed by atoms with Gasteiger partial charge < -0.3 is 10.8 Å². The van der Waals surface area contributed by atoms with Crippen LogP contribution in [0.25, 0.3) is 0 Å². The van der Waals surface area contributed by atoms with Crippen LogP contribution in [0.15, 0.2) is 18.5 Å². The molecule has 3 nitrogen and oxygen atoms in total. The summed E-state index contributed by atoms with van der Waals surface area (Å²) in [6.07, 6.45) is 6.67. The Labute approximate surface area is 91.3 Å². The molecule has 1 rings (SSSR count). The first-order chi connectivity index (χ1) is 7.14. The van der Waals surface area contributed by atoms with Crippen LogP contribution < -0.4 is 5.73 Å². The molecule has 1 aromatic rings. The number of anilines is 1. The van der Waals surface area contributed by atoms with Gasteiger partial charge in [0.05, 0.1) is 5.60 Å². The standard InChI is InChI=1S/C12H20N2O/c1-3-6-12(15,7-4-2)10-9-14-8-5-11(10)13/h5,8-9,15H,3-4,6-7H2,1-2H3,(H2,13,14). The van der Waals surface area contributed by atoms with Crippen LogP contribution in [0.5, 0.6) is 0 Å². The summed E-state index contributed by atoms with van der Waals surface area (Å²) in [5.74, 6) is 0. The Balaban J connectivity index is 3.03. The molecule has 0 atom stereocenters. The van der Waals surface area contributed by atoms with Crippen LogP contribution in [-0.2, 0) is 5.60 Å². The average molecular weight is 208 g/mol. The second-order valence-electron chi connectivity index (χ2n) is 3.99. The molecule has 3 N–H and O–H groups in total. The summed E-state index contributed by atoms with van der Waals surface area (Å²) in [4.78, 5) is 4.04. The summed E-state index contributed by atoms with van der Waals surface area (Å²) in [5.41, 5.74) is 6.47. The minimum Gasteiger partial charge on any atom is -0.398 e. The molecule has 1 heterocycles. The number of rotatable bonds is 5. The predicted octanol–water partition coefficient (Wildman–Crippen LogP) is 2.45. The maximum absolute atomic E-state index is 10.5. The maximum Gasteiger partial charge on any atom is 0.0931 e. The van der Waals surface area contributed by atoms with E-state index < -0.39 is 5.60 Å². The molecule has 0 aliphatic heterocycles. The third kappa shape index (κ3) is 2.69. The number of nitrogens with two attached hydrogens (primary N) is 1. The predicted molar refractivity (Wildman–Crippen MR) is 62.4 cm³/mol. The van der Waals surface area contributed by atoms with Crippen LogP contribution in [-0.4, -0.2) is 10.1 Å². The molecular formula is C12H20N2O. The van der Waals surface area contributed by atoms with E-state index >= 15 is 0 Å². The van der Waals surface area contributed by atoms with Crippen molar-refractivity contribution < 1.29 is 5.11 Å². The zero-order valence-electron chi connectivity index (χ0n) is 9.53. The molecule has 3 heteroatoms. The van der Waals surface area contributed by atoms with E-state index in [1.165, 1.54) is 0 Å². The highest BCUT2D eigenvalue weighted by atomic mass is 16.3. The van der Waals surface area contributed by atoms with Crippen molar-refractivity contribution in [3.05, 3.63) is 24.0 Å². The average Bonchev–Trinajstić information content (AvgIpc) is 2.19. The number of aliphatic hydroxyl groups is 1. The van der Waals surface area contributed by atoms with Crippen LogP contribution in [0.2, 0.25) is 0 Å². The van der Waals surface area contributed by atoms with E-state index in [-0.39, 0.29) is 0 Å². The van der Waals surface area contributed by atoms with Gasteiger partial charge in [-0.15, -0.1) is 0 Å². The van der Waals surface area contributed by atoms with Crippen molar-refractivity contribution >= 4 is 5.69 Å². The van der Waals surface area contributed by atoms with E-state index in [0.717, 1.165) is 31.2 Å². The second-order valence-corrected chi connectivity index (χ2v) is 3.99. The van der Waals surface area contributed by atoms with Crippen molar-refractivity contribution in [3.8, 4) is 0 Å². The van der Waals surface area contributed by atoms with Gasteiger partial charge in [0.25, 0.3) is 0 Å². The molecule has 0 aliphatic carbocycles. The number of hydrogen-bond acceptors (Lipinski definition) is 3. The highest BCUT2D eigenvalue weighted by Crippen LogP contribution is 2.34. The molecule has 1 aromatic heterocycles. The van der Waals surface area contributed by atoms with E-state index in [4.69, 9.17) is 5.73 Å². The molecule has 0 radical (unpaired) electrons. The van der Waals surface area contributed by atoms with Crippen LogP contribution in [0.4, 0.5) is 5.69 Å². The second kappa shape index (κ2) is 5.12. The van der Waals surface area contributed by atoms with E-state index in [0.29, 0.717) is 5.69 Å². The molecule has 0 aromatic carbocycles. The third-order valence-electron chi connectivity index (χ3n) is 2.68. The molecular weight excluding hydrogens is 188 g/mol. The first-order valence-electron chi connectivity index (χ1n) is 5.56. The Hall–Kier alpha value is -1.09. The molecule has 0 aliphatic rings. The van der Waals surface area contributed by atoms with E-state index in [1.54, 1.807) is 18.5 Å². The lowest BCUT2D eigenvalue weighted by Crippen LogP contribution is -2.26. The van der Waals surface area contributed by atoms with Crippen molar-refractivity contribution in [1.29, 1.82) is 0 Å². The van der Waals surface area contributed by atoms with Gasteiger partial charge in [-0.25, -0.2) is 0 Å². The van der Waals surface area contributed by atoms with Gasteiger partial charge in [-0.1, -0.05) is 26.7 Å². The number of nitrogens with zero attached hydrogens (tertiary/aromatic N) is 1. The Morgan fingerprint density at radius 1 is 1.33 bits per heavy atom. The van der Waals surface area contributed by atoms with E-state index in [1.807, 2.05) is 0 Å². The number of hydrogen-bond donors (Lipinski definition) is 2. The highest BCUT2D eigenvalue weighted by Gasteiger charge is 2.29. The van der Waals surface area contributed by atoms with Crippen LogP contribution >= 0.6 is 0 Å². The molecule has 0 saturated carbocycles. The van der Waals surface area contributed by atoms with Crippen molar-refractivity contribution in [1.82, 2.24) is 4.98 Å². The first kappa shape index (κ1) is 12.0. The Morgan fingerprint density at radius 3 is 2.40 bits per heavy atom. The van der Waals surface area contributed by atoms with Crippen LogP contribution in [0, 0.1) is 0 Å². The van der Waals surface area contributed by atoms with Crippen molar-refractivity contribution in [3.63, 3.8) is 0 Å². The third-order valence-corrected chi connectivity index (χ3v) is 2.68. The van der Waals surface area contributed by atoms with Gasteiger partial charge in [-0.3, -0.25) is 4.98 Å². The van der Waals surface area contributed by atoms with Gasteiger partial charge >= 0.3 is 0 Å². The Morgan fingerprint density at radius 2 is 1.93 bits per heavy atom. The quantitative estimate of drug-likeness (QED) is 0.781. The van der Waals surface area contributed by atoms with Gasteiger partial charge in [0.1, 0.15) is 0 Å². The lowest BCUT2D eigenvalue weighted by atomic mass is 9.85. The van der Waals surface area contributed by atoms with Crippen molar-refractivity contribution in [2.75, 3.05) is 5.73 Å². The normalized spacial score (nSPS) is 11.7. The molecule has 0 spiro atoms. The minimum atomic E-state index is -0.804. The molecule has 0 unspecified atom stereocenters. The summed E-state index contributed by atoms with van der Waals surface area (Å²) in [7, 11) is 0. The van der Waals surface area contributed by atoms with Gasteiger partial charge in [-0.2, -0.15) is 0 Å². The number of pyridine rings is 1. The van der Waals surface area contributed by atoms with Gasteiger partial charge in [-0.05, 0) is 18.9 Å². The SMILES string of the molecule is CCCC(O)(CCC)c1cnccc1N. The lowest BCUT2D eigenvalue weighted by molar-refractivity contribution is 0.0174. The van der Waals surface area contributed by atoms with Crippen molar-refractivity contribution in [2.45, 2.75) is 45.1 Å². The molecule has 0 amide bonds. The molecule has 0 bridgehead atoms. The molecule has 0 fully saturated rings. The maximum atomic E-state index is 10.5. The van der Waals surface area contributed by atoms with Crippen LogP contribution in [0.1, 0.15) is 45.1 Å². The van der Waals surface area contributed by atoms with Gasteiger partial charge in [0.2, 0.25) is 0 Å². The van der Waals surface area contributed by atoms with E-state index in [2.05, 4.69) is 18.8 Å². The number of aromatic nitrogens is 1. The fraction of sp³-hybridized carbons (Fsp3) is 0.583. The summed E-state index contributed by atoms with van der Waals surface area (Å²) in [5, 5.41) is 10.5. The largest absolute Gasteiger partial charge is 0.398 e. The smallest absolute Gasteiger partial charge is 0.0931 e. The Kier molecular flexibility index (Phi) is 4.09. The highest BCUT2D eigenvalue weighted by molar-refractivity contribution is 5.47. The molecule has 0 saturated heterocycles. The summed E-state index contributed by atoms with van der Waals surface area (Å²) in [6, 6.07) is 1.74. The summed E-state index contributed by atoms with van der Waals surface area (Å²) >= 11 is 0. The van der Waals surface area contributed by atoms with E-state index in [9.17, 15) is 5.11 Å². The minimum absolute atomic E-state index is 0.634. The van der Waals surface area contributed by atoms with Crippen LogP contribution in [0.3, 0.4) is 0 Å². The zero-order valence-corrected chi connectivity index (χ0v) is 9.53. The zero-order chi connectivity index (χ0) is 11.3. The fourth-order valence-electron chi connectivity index (χ4n) is 2.02. The monoisotopic (exact) mass is 208 g/mol. The van der Waals surface area contributed by atoms with Gasteiger partial charge in [0, 0.05) is 23.6 Å². The molecule has 15 heavy (non-hydrogen) atoms. The Bertz CT molecular complexity index is 306.